The molecular formula is C13H26N2O3S. The zero-order valence-electron chi connectivity index (χ0n) is 12.0. The number of unbranched alkanes of at least 4 members (excludes halogenated alkanes) is 3. The maximum Gasteiger partial charge on any atom is 0.239 e. The van der Waals surface area contributed by atoms with E-state index in [1.165, 1.54) is 0 Å². The standard InChI is InChI=1S/C13H26N2O3S/c1-4-5-6-7-8-10-15(2)13(16)12(14)9-11-19(3,17)18/h4,12H,1,5-11,14H2,2-3H3. The number of sulfone groups is 1. The summed E-state index contributed by atoms with van der Waals surface area (Å²) in [5.41, 5.74) is 5.71. The lowest BCUT2D eigenvalue weighted by molar-refractivity contribution is -0.131. The number of hydrogen-bond acceptors (Lipinski definition) is 4. The van der Waals surface area contributed by atoms with Gasteiger partial charge < -0.3 is 10.6 Å². The number of carbonyl (C=O) groups excluding carboxylic acids is 1. The molecule has 0 radical (unpaired) electrons. The Morgan fingerprint density at radius 1 is 1.37 bits per heavy atom. The fourth-order valence-corrected chi connectivity index (χ4v) is 2.35. The van der Waals surface area contributed by atoms with Crippen LogP contribution in [0.15, 0.2) is 12.7 Å². The molecule has 0 aliphatic heterocycles. The monoisotopic (exact) mass is 290 g/mol. The van der Waals surface area contributed by atoms with Crippen LogP contribution in [0.1, 0.15) is 32.1 Å². The van der Waals surface area contributed by atoms with Crippen LogP contribution in [0, 0.1) is 0 Å². The fraction of sp³-hybridized carbons (Fsp3) is 0.769. The summed E-state index contributed by atoms with van der Waals surface area (Å²) in [4.78, 5) is 13.5. The summed E-state index contributed by atoms with van der Waals surface area (Å²) in [5, 5.41) is 0. The number of nitrogens with two attached hydrogens (primary N) is 1. The average molecular weight is 290 g/mol. The molecule has 6 heteroatoms. The van der Waals surface area contributed by atoms with Crippen LogP contribution < -0.4 is 5.73 Å². The van der Waals surface area contributed by atoms with Crippen LogP contribution in [0.2, 0.25) is 0 Å². The lowest BCUT2D eigenvalue weighted by Crippen LogP contribution is -2.43. The molecule has 0 aliphatic carbocycles. The van der Waals surface area contributed by atoms with Gasteiger partial charge >= 0.3 is 0 Å². The van der Waals surface area contributed by atoms with Crippen molar-refractivity contribution in [1.29, 1.82) is 0 Å². The fourth-order valence-electron chi connectivity index (χ4n) is 1.67. The van der Waals surface area contributed by atoms with Crippen LogP contribution in [-0.2, 0) is 14.6 Å². The molecule has 0 aliphatic rings. The molecule has 1 amide bonds. The van der Waals surface area contributed by atoms with Crippen molar-refractivity contribution in [2.24, 2.45) is 5.73 Å². The number of rotatable bonds is 10. The summed E-state index contributed by atoms with van der Waals surface area (Å²) in [7, 11) is -1.36. The second-order valence-electron chi connectivity index (χ2n) is 4.92. The van der Waals surface area contributed by atoms with E-state index in [-0.39, 0.29) is 18.1 Å². The van der Waals surface area contributed by atoms with Crippen molar-refractivity contribution in [2.45, 2.75) is 38.1 Å². The summed E-state index contributed by atoms with van der Waals surface area (Å²) >= 11 is 0. The minimum Gasteiger partial charge on any atom is -0.344 e. The molecule has 0 spiro atoms. The molecule has 0 rings (SSSR count). The number of carbonyl (C=O) groups is 1. The Bertz CT molecular complexity index is 379. The molecule has 0 bridgehead atoms. The molecule has 0 saturated carbocycles. The van der Waals surface area contributed by atoms with Gasteiger partial charge in [0.2, 0.25) is 5.91 Å². The first kappa shape index (κ1) is 18.1. The normalized spacial score (nSPS) is 13.0. The van der Waals surface area contributed by atoms with Crippen LogP contribution in [0.4, 0.5) is 0 Å². The Morgan fingerprint density at radius 2 is 2.00 bits per heavy atom. The van der Waals surface area contributed by atoms with Crippen molar-refractivity contribution in [3.63, 3.8) is 0 Å². The second-order valence-corrected chi connectivity index (χ2v) is 7.18. The van der Waals surface area contributed by atoms with Crippen LogP contribution in [0.25, 0.3) is 0 Å². The Labute approximate surface area is 116 Å². The van der Waals surface area contributed by atoms with Crippen molar-refractivity contribution in [2.75, 3.05) is 25.6 Å². The smallest absolute Gasteiger partial charge is 0.239 e. The highest BCUT2D eigenvalue weighted by Crippen LogP contribution is 2.03. The lowest BCUT2D eigenvalue weighted by Gasteiger charge is -2.21. The topological polar surface area (TPSA) is 80.5 Å². The Hall–Kier alpha value is -0.880. The molecule has 1 unspecified atom stereocenters. The third-order valence-electron chi connectivity index (χ3n) is 2.89. The van der Waals surface area contributed by atoms with Crippen molar-refractivity contribution < 1.29 is 13.2 Å². The number of nitrogens with zero attached hydrogens (tertiary/aromatic N) is 1. The molecule has 1 atom stereocenters. The summed E-state index contributed by atoms with van der Waals surface area (Å²) in [6, 6.07) is -0.729. The molecule has 0 aromatic carbocycles. The molecule has 112 valence electrons. The number of amides is 1. The zero-order valence-corrected chi connectivity index (χ0v) is 12.8. The summed E-state index contributed by atoms with van der Waals surface area (Å²) in [6.45, 7) is 4.31. The number of likely N-dealkylation sites (N-methyl/N-ethyl adjacent to an activating group) is 1. The van der Waals surface area contributed by atoms with Crippen molar-refractivity contribution >= 4 is 15.7 Å². The largest absolute Gasteiger partial charge is 0.344 e. The van der Waals surface area contributed by atoms with Crippen molar-refractivity contribution in [1.82, 2.24) is 4.90 Å². The van der Waals surface area contributed by atoms with E-state index < -0.39 is 15.9 Å². The molecule has 0 heterocycles. The quantitative estimate of drug-likeness (QED) is 0.480. The third-order valence-corrected chi connectivity index (χ3v) is 3.87. The van der Waals surface area contributed by atoms with E-state index in [1.807, 2.05) is 6.08 Å². The van der Waals surface area contributed by atoms with Crippen LogP contribution in [0.3, 0.4) is 0 Å². The van der Waals surface area contributed by atoms with Gasteiger partial charge in [0.1, 0.15) is 9.84 Å². The van der Waals surface area contributed by atoms with Gasteiger partial charge in [0.25, 0.3) is 0 Å². The molecule has 2 N–H and O–H groups in total. The van der Waals surface area contributed by atoms with E-state index >= 15 is 0 Å². The van der Waals surface area contributed by atoms with Crippen molar-refractivity contribution in [3.8, 4) is 0 Å². The van der Waals surface area contributed by atoms with Gasteiger partial charge in [0.15, 0.2) is 0 Å². The third kappa shape index (κ3) is 9.67. The van der Waals surface area contributed by atoms with Crippen LogP contribution >= 0.6 is 0 Å². The first-order valence-electron chi connectivity index (χ1n) is 6.57. The average Bonchev–Trinajstić information content (AvgIpc) is 2.33. The summed E-state index contributed by atoms with van der Waals surface area (Å²) in [5.74, 6) is -0.236. The van der Waals surface area contributed by atoms with Crippen molar-refractivity contribution in [3.05, 3.63) is 12.7 Å². The van der Waals surface area contributed by atoms with Crippen LogP contribution in [-0.4, -0.2) is 50.9 Å². The highest BCUT2D eigenvalue weighted by molar-refractivity contribution is 7.90. The molecule has 0 aromatic heterocycles. The van der Waals surface area contributed by atoms with Gasteiger partial charge in [-0.3, -0.25) is 4.79 Å². The molecule has 0 fully saturated rings. The summed E-state index contributed by atoms with van der Waals surface area (Å²) in [6.07, 6.45) is 7.25. The Balaban J connectivity index is 3.93. The molecule has 0 saturated heterocycles. The summed E-state index contributed by atoms with van der Waals surface area (Å²) < 4.78 is 22.0. The SMILES string of the molecule is C=CCCCCCN(C)C(=O)C(N)CCS(C)(=O)=O. The van der Waals surface area contributed by atoms with Gasteiger partial charge in [-0.2, -0.15) is 0 Å². The first-order chi connectivity index (χ1) is 8.78. The highest BCUT2D eigenvalue weighted by atomic mass is 32.2. The molecule has 19 heavy (non-hydrogen) atoms. The zero-order chi connectivity index (χ0) is 14.9. The lowest BCUT2D eigenvalue weighted by atomic mass is 10.1. The predicted molar refractivity (Wildman–Crippen MR) is 78.6 cm³/mol. The maximum atomic E-state index is 11.9. The van der Waals surface area contributed by atoms with E-state index in [0.717, 1.165) is 31.9 Å². The molecule has 0 aromatic rings. The van der Waals surface area contributed by atoms with Gasteiger partial charge in [-0.1, -0.05) is 12.5 Å². The highest BCUT2D eigenvalue weighted by Gasteiger charge is 2.19. The van der Waals surface area contributed by atoms with Gasteiger partial charge in [0, 0.05) is 19.8 Å². The van der Waals surface area contributed by atoms with E-state index in [9.17, 15) is 13.2 Å². The van der Waals surface area contributed by atoms with Crippen LogP contribution in [0.5, 0.6) is 0 Å². The van der Waals surface area contributed by atoms with E-state index in [2.05, 4.69) is 6.58 Å². The Morgan fingerprint density at radius 3 is 2.53 bits per heavy atom. The van der Waals surface area contributed by atoms with Gasteiger partial charge in [0.05, 0.1) is 11.8 Å². The minimum atomic E-state index is -3.07. The van der Waals surface area contributed by atoms with Gasteiger partial charge in [-0.05, 0) is 25.7 Å². The predicted octanol–water partition coefficient (Wildman–Crippen LogP) is 0.953. The van der Waals surface area contributed by atoms with Gasteiger partial charge in [-0.25, -0.2) is 8.42 Å². The maximum absolute atomic E-state index is 11.9. The van der Waals surface area contributed by atoms with E-state index in [4.69, 9.17) is 5.73 Å². The van der Waals surface area contributed by atoms with E-state index in [0.29, 0.717) is 6.54 Å². The van der Waals surface area contributed by atoms with E-state index in [1.54, 1.807) is 11.9 Å². The Kier molecular flexibility index (Phi) is 8.67. The first-order valence-corrected chi connectivity index (χ1v) is 8.63. The van der Waals surface area contributed by atoms with Gasteiger partial charge in [-0.15, -0.1) is 6.58 Å². The minimum absolute atomic E-state index is 0.0485. The number of hydrogen-bond donors (Lipinski definition) is 1. The number of allylic oxidation sites excluding steroid dienone is 1. The molecule has 5 nitrogen and oxygen atoms in total. The molecular weight excluding hydrogens is 264 g/mol. The second kappa shape index (κ2) is 9.09.